The number of carbonyl (C=O) groups is 1. The summed E-state index contributed by atoms with van der Waals surface area (Å²) in [4.78, 5) is 10.5. The molecular weight excluding hydrogens is 120 g/mol. The molecule has 48 valence electrons. The van der Waals surface area contributed by atoms with Gasteiger partial charge in [-0.1, -0.05) is 6.92 Å². The van der Waals surface area contributed by atoms with Crippen LogP contribution in [0.1, 0.15) is 19.8 Å². The molecular formula is C5H12O2Si. The van der Waals surface area contributed by atoms with Crippen molar-refractivity contribution in [2.75, 3.05) is 6.61 Å². The Balaban J connectivity index is 2.99. The maximum atomic E-state index is 10.5. The SMILES string of the molecule is CCC(=O)CCO[SiH3]. The van der Waals surface area contributed by atoms with Crippen molar-refractivity contribution in [3.63, 3.8) is 0 Å². The molecule has 0 aromatic heterocycles. The molecule has 0 amide bonds. The average Bonchev–Trinajstić information content (AvgIpc) is 1.83. The number of hydrogen-bond donors (Lipinski definition) is 0. The second-order valence-electron chi connectivity index (χ2n) is 1.64. The standard InChI is InChI=1S/C5H12O2Si/c1-2-5(6)3-4-7-8/h2-4H2,1,8H3. The summed E-state index contributed by atoms with van der Waals surface area (Å²) in [6.45, 7) is 2.49. The quantitative estimate of drug-likeness (QED) is 0.489. The van der Waals surface area contributed by atoms with Crippen molar-refractivity contribution < 1.29 is 9.22 Å². The first-order valence-corrected chi connectivity index (χ1v) is 3.63. The highest BCUT2D eigenvalue weighted by Crippen LogP contribution is 1.86. The number of rotatable bonds is 4. The maximum absolute atomic E-state index is 10.5. The number of ketones is 1. The molecule has 0 aromatic rings. The van der Waals surface area contributed by atoms with Crippen molar-refractivity contribution in [1.82, 2.24) is 0 Å². The smallest absolute Gasteiger partial charge is 0.145 e. The van der Waals surface area contributed by atoms with Gasteiger partial charge in [-0.2, -0.15) is 0 Å². The van der Waals surface area contributed by atoms with Crippen molar-refractivity contribution >= 4 is 16.3 Å². The van der Waals surface area contributed by atoms with Gasteiger partial charge in [-0.25, -0.2) is 0 Å². The Morgan fingerprint density at radius 2 is 2.38 bits per heavy atom. The molecule has 0 spiro atoms. The third-order valence-electron chi connectivity index (χ3n) is 0.979. The van der Waals surface area contributed by atoms with Crippen LogP contribution in [0.5, 0.6) is 0 Å². The molecule has 0 saturated carbocycles. The van der Waals surface area contributed by atoms with Gasteiger partial charge in [0.25, 0.3) is 0 Å². The molecule has 8 heavy (non-hydrogen) atoms. The molecule has 0 heterocycles. The lowest BCUT2D eigenvalue weighted by atomic mass is 10.2. The van der Waals surface area contributed by atoms with Crippen LogP contribution in [0, 0.1) is 0 Å². The lowest BCUT2D eigenvalue weighted by Crippen LogP contribution is -2.00. The largest absolute Gasteiger partial charge is 0.427 e. The topological polar surface area (TPSA) is 26.3 Å². The minimum atomic E-state index is 0.292. The third kappa shape index (κ3) is 4.02. The lowest BCUT2D eigenvalue weighted by molar-refractivity contribution is -0.119. The van der Waals surface area contributed by atoms with E-state index in [1.54, 1.807) is 0 Å². The molecule has 0 rings (SSSR count). The summed E-state index contributed by atoms with van der Waals surface area (Å²) < 4.78 is 4.83. The first-order valence-electron chi connectivity index (χ1n) is 2.82. The van der Waals surface area contributed by atoms with E-state index in [0.717, 1.165) is 10.5 Å². The minimum absolute atomic E-state index is 0.292. The van der Waals surface area contributed by atoms with Crippen molar-refractivity contribution in [3.8, 4) is 0 Å². The Morgan fingerprint density at radius 3 is 2.75 bits per heavy atom. The normalized spacial score (nSPS) is 9.62. The van der Waals surface area contributed by atoms with E-state index in [9.17, 15) is 4.79 Å². The van der Waals surface area contributed by atoms with Crippen LogP contribution in [-0.2, 0) is 9.22 Å². The van der Waals surface area contributed by atoms with Gasteiger partial charge in [0.05, 0.1) is 0 Å². The second-order valence-corrected chi connectivity index (χ2v) is 2.21. The van der Waals surface area contributed by atoms with Crippen molar-refractivity contribution in [2.24, 2.45) is 0 Å². The van der Waals surface area contributed by atoms with Gasteiger partial charge in [0.15, 0.2) is 0 Å². The van der Waals surface area contributed by atoms with E-state index in [4.69, 9.17) is 4.43 Å². The van der Waals surface area contributed by atoms with Crippen LogP contribution in [0.2, 0.25) is 0 Å². The van der Waals surface area contributed by atoms with Crippen LogP contribution in [0.3, 0.4) is 0 Å². The van der Waals surface area contributed by atoms with Crippen LogP contribution < -0.4 is 0 Å². The molecule has 2 nitrogen and oxygen atoms in total. The van der Waals surface area contributed by atoms with Gasteiger partial charge in [-0.3, -0.25) is 4.79 Å². The van der Waals surface area contributed by atoms with E-state index >= 15 is 0 Å². The molecule has 0 aromatic carbocycles. The summed E-state index contributed by atoms with van der Waals surface area (Å²) in [5.74, 6) is 0.292. The van der Waals surface area contributed by atoms with E-state index in [1.807, 2.05) is 6.92 Å². The number of Topliss-reactive ketones (excluding diaryl/α,β-unsaturated/α-hetero) is 1. The molecule has 0 N–H and O–H groups in total. The summed E-state index contributed by atoms with van der Waals surface area (Å²) >= 11 is 0. The Morgan fingerprint density at radius 1 is 1.75 bits per heavy atom. The van der Waals surface area contributed by atoms with Crippen molar-refractivity contribution in [1.29, 1.82) is 0 Å². The highest BCUT2D eigenvalue weighted by Gasteiger charge is 1.93. The molecule has 0 radical (unpaired) electrons. The van der Waals surface area contributed by atoms with Crippen LogP contribution in [-0.4, -0.2) is 22.9 Å². The Kier molecular flexibility index (Phi) is 4.90. The summed E-state index contributed by atoms with van der Waals surface area (Å²) in [7, 11) is 0.745. The Hall–Kier alpha value is -0.153. The summed E-state index contributed by atoms with van der Waals surface area (Å²) in [5.41, 5.74) is 0. The first-order chi connectivity index (χ1) is 3.81. The highest BCUT2D eigenvalue weighted by molar-refractivity contribution is 5.98. The zero-order valence-corrected chi connectivity index (χ0v) is 7.44. The monoisotopic (exact) mass is 132 g/mol. The molecule has 0 aliphatic heterocycles. The Labute approximate surface area is 52.8 Å². The van der Waals surface area contributed by atoms with Gasteiger partial charge in [0, 0.05) is 19.4 Å². The van der Waals surface area contributed by atoms with Crippen LogP contribution >= 0.6 is 0 Å². The van der Waals surface area contributed by atoms with Gasteiger partial charge in [-0.15, -0.1) is 0 Å². The zero-order valence-electron chi connectivity index (χ0n) is 5.44. The van der Waals surface area contributed by atoms with Gasteiger partial charge < -0.3 is 4.43 Å². The van der Waals surface area contributed by atoms with Gasteiger partial charge in [-0.05, 0) is 0 Å². The van der Waals surface area contributed by atoms with Crippen LogP contribution in [0.4, 0.5) is 0 Å². The van der Waals surface area contributed by atoms with Crippen LogP contribution in [0.15, 0.2) is 0 Å². The molecule has 0 aliphatic rings. The van der Waals surface area contributed by atoms with Crippen molar-refractivity contribution in [3.05, 3.63) is 0 Å². The molecule has 0 saturated heterocycles. The predicted molar refractivity (Wildman–Crippen MR) is 35.8 cm³/mol. The third-order valence-corrected chi connectivity index (χ3v) is 1.39. The van der Waals surface area contributed by atoms with Gasteiger partial charge in [0.1, 0.15) is 16.3 Å². The zero-order chi connectivity index (χ0) is 6.41. The van der Waals surface area contributed by atoms with E-state index in [2.05, 4.69) is 0 Å². The summed E-state index contributed by atoms with van der Waals surface area (Å²) in [6.07, 6.45) is 1.24. The molecule has 0 aliphatic carbocycles. The van der Waals surface area contributed by atoms with Crippen LogP contribution in [0.25, 0.3) is 0 Å². The highest BCUT2D eigenvalue weighted by atomic mass is 28.2. The summed E-state index contributed by atoms with van der Waals surface area (Å²) in [5, 5.41) is 0. The Bertz CT molecular complexity index is 72.8. The lowest BCUT2D eigenvalue weighted by Gasteiger charge is -1.93. The fourth-order valence-electron chi connectivity index (χ4n) is 0.393. The fourth-order valence-corrected chi connectivity index (χ4v) is 0.597. The van der Waals surface area contributed by atoms with Crippen molar-refractivity contribution in [2.45, 2.75) is 19.8 Å². The maximum Gasteiger partial charge on any atom is 0.145 e. The summed E-state index contributed by atoms with van der Waals surface area (Å²) in [6, 6.07) is 0. The minimum Gasteiger partial charge on any atom is -0.427 e. The molecule has 3 heteroatoms. The van der Waals surface area contributed by atoms with E-state index in [-0.39, 0.29) is 0 Å². The molecule has 0 bridgehead atoms. The predicted octanol–water partition coefficient (Wildman–Crippen LogP) is -0.347. The first kappa shape index (κ1) is 7.85. The second kappa shape index (κ2) is 4.99. The average molecular weight is 132 g/mol. The van der Waals surface area contributed by atoms with Gasteiger partial charge in [0.2, 0.25) is 0 Å². The molecule has 0 unspecified atom stereocenters. The number of hydrogen-bond acceptors (Lipinski definition) is 2. The molecule has 0 atom stereocenters. The van der Waals surface area contributed by atoms with Gasteiger partial charge >= 0.3 is 0 Å². The van der Waals surface area contributed by atoms with E-state index in [0.29, 0.717) is 25.2 Å². The fraction of sp³-hybridized carbons (Fsp3) is 0.800. The molecule has 0 fully saturated rings. The van der Waals surface area contributed by atoms with E-state index in [1.165, 1.54) is 0 Å². The number of carbonyl (C=O) groups excluding carboxylic acids is 1. The van der Waals surface area contributed by atoms with E-state index < -0.39 is 0 Å².